The quantitative estimate of drug-likeness (QED) is 0.333. The van der Waals surface area contributed by atoms with Crippen LogP contribution in [0.5, 0.6) is 0 Å². The first kappa shape index (κ1) is 29.0. The standard InChI is InChI=1S/C36H52N2O3/c1-24(10-15-33(40)41-25(2)23-38-21-20-37-34(38)26-8-6-5-7-9-26)30-13-14-31-29-12-11-27-22-28(39)16-18-35(27,3)32(29)17-19-36(30,31)4/h5-9,20-21,24-25,27-32,39H,10-19,22-23H2,1-4H3. The van der Waals surface area contributed by atoms with Crippen LogP contribution < -0.4 is 0 Å². The highest BCUT2D eigenvalue weighted by Gasteiger charge is 2.60. The lowest BCUT2D eigenvalue weighted by molar-refractivity contribution is -0.149. The zero-order valence-electron chi connectivity index (χ0n) is 25.8. The van der Waals surface area contributed by atoms with Crippen LogP contribution in [0.25, 0.3) is 11.4 Å². The van der Waals surface area contributed by atoms with E-state index in [0.717, 1.165) is 54.3 Å². The van der Waals surface area contributed by atoms with Crippen molar-refractivity contribution in [3.63, 3.8) is 0 Å². The fourth-order valence-electron chi connectivity index (χ4n) is 10.7. The number of ether oxygens (including phenoxy) is 1. The van der Waals surface area contributed by atoms with Gasteiger partial charge in [-0.05, 0) is 117 Å². The number of fused-ring (bicyclic) bond motifs is 5. The van der Waals surface area contributed by atoms with Gasteiger partial charge in [-0.3, -0.25) is 4.79 Å². The molecular formula is C36H52N2O3. The van der Waals surface area contributed by atoms with E-state index in [1.165, 1.54) is 44.9 Å². The van der Waals surface area contributed by atoms with Gasteiger partial charge >= 0.3 is 5.97 Å². The van der Waals surface area contributed by atoms with Gasteiger partial charge in [0.25, 0.3) is 0 Å². The van der Waals surface area contributed by atoms with Crippen LogP contribution in [0.4, 0.5) is 0 Å². The first-order valence-corrected chi connectivity index (χ1v) is 16.6. The van der Waals surface area contributed by atoms with Crippen molar-refractivity contribution < 1.29 is 14.6 Å². The second kappa shape index (κ2) is 11.5. The third kappa shape index (κ3) is 5.41. The van der Waals surface area contributed by atoms with Gasteiger partial charge in [-0.1, -0.05) is 51.1 Å². The van der Waals surface area contributed by atoms with Crippen molar-refractivity contribution in [2.24, 2.45) is 46.3 Å². The van der Waals surface area contributed by atoms with Crippen molar-refractivity contribution in [2.75, 3.05) is 0 Å². The lowest BCUT2D eigenvalue weighted by Crippen LogP contribution is -2.54. The Morgan fingerprint density at radius 2 is 1.78 bits per heavy atom. The van der Waals surface area contributed by atoms with Crippen LogP contribution in [0.3, 0.4) is 0 Å². The van der Waals surface area contributed by atoms with Gasteiger partial charge in [-0.2, -0.15) is 0 Å². The molecule has 0 spiro atoms. The molecule has 10 atom stereocenters. The molecule has 6 rings (SSSR count). The van der Waals surface area contributed by atoms with Gasteiger partial charge in [-0.25, -0.2) is 4.98 Å². The molecule has 1 N–H and O–H groups in total. The second-order valence-corrected chi connectivity index (χ2v) is 14.9. The topological polar surface area (TPSA) is 64.4 Å². The monoisotopic (exact) mass is 560 g/mol. The van der Waals surface area contributed by atoms with Crippen LogP contribution in [-0.4, -0.2) is 32.8 Å². The largest absolute Gasteiger partial charge is 0.461 e. The minimum atomic E-state index is -0.199. The summed E-state index contributed by atoms with van der Waals surface area (Å²) in [5.41, 5.74) is 1.92. The Hall–Kier alpha value is -2.14. The van der Waals surface area contributed by atoms with Gasteiger partial charge in [0.2, 0.25) is 0 Å². The third-order valence-corrected chi connectivity index (χ3v) is 12.7. The average molecular weight is 561 g/mol. The van der Waals surface area contributed by atoms with Crippen LogP contribution in [0, 0.1) is 46.3 Å². The molecule has 5 heteroatoms. The van der Waals surface area contributed by atoms with Crippen molar-refractivity contribution in [3.8, 4) is 11.4 Å². The van der Waals surface area contributed by atoms with Crippen LogP contribution in [-0.2, 0) is 16.1 Å². The van der Waals surface area contributed by atoms with Gasteiger partial charge < -0.3 is 14.4 Å². The number of nitrogens with zero attached hydrogens (tertiary/aromatic N) is 2. The summed E-state index contributed by atoms with van der Waals surface area (Å²) in [6.45, 7) is 10.2. The molecule has 5 nitrogen and oxygen atoms in total. The molecule has 10 unspecified atom stereocenters. The van der Waals surface area contributed by atoms with Crippen LogP contribution in [0.1, 0.15) is 98.3 Å². The maximum Gasteiger partial charge on any atom is 0.306 e. The Morgan fingerprint density at radius 1 is 1.02 bits per heavy atom. The number of aliphatic hydroxyl groups excluding tert-OH is 1. The number of rotatable bonds is 8. The second-order valence-electron chi connectivity index (χ2n) is 14.9. The number of esters is 1. The number of carbonyl (C=O) groups excluding carboxylic acids is 1. The average Bonchev–Trinajstić information content (AvgIpc) is 3.56. The van der Waals surface area contributed by atoms with Crippen molar-refractivity contribution in [1.29, 1.82) is 0 Å². The summed E-state index contributed by atoms with van der Waals surface area (Å²) in [6, 6.07) is 10.2. The summed E-state index contributed by atoms with van der Waals surface area (Å²) < 4.78 is 7.97. The fraction of sp³-hybridized carbons (Fsp3) is 0.722. The molecule has 0 radical (unpaired) electrons. The highest BCUT2D eigenvalue weighted by atomic mass is 16.5. The minimum Gasteiger partial charge on any atom is -0.461 e. The molecule has 0 bridgehead atoms. The smallest absolute Gasteiger partial charge is 0.306 e. The van der Waals surface area contributed by atoms with Crippen LogP contribution in [0.15, 0.2) is 42.7 Å². The molecule has 0 aliphatic heterocycles. The number of carbonyl (C=O) groups is 1. The number of aromatic nitrogens is 2. The zero-order valence-corrected chi connectivity index (χ0v) is 25.8. The Bertz CT molecular complexity index is 1190. The molecule has 1 heterocycles. The summed E-state index contributed by atoms with van der Waals surface area (Å²) in [4.78, 5) is 17.5. The van der Waals surface area contributed by atoms with E-state index in [9.17, 15) is 9.90 Å². The van der Waals surface area contributed by atoms with E-state index in [4.69, 9.17) is 4.74 Å². The number of imidazole rings is 1. The molecule has 4 fully saturated rings. The molecule has 2 aromatic rings. The molecule has 4 saturated carbocycles. The summed E-state index contributed by atoms with van der Waals surface area (Å²) in [7, 11) is 0. The van der Waals surface area contributed by atoms with E-state index in [1.54, 1.807) is 0 Å². The SMILES string of the molecule is CC(Cn1ccnc1-c1ccccc1)OC(=O)CCC(C)C1CCC2C3CCC4CC(O)CCC4(C)C3CCC12C. The van der Waals surface area contributed by atoms with Gasteiger partial charge in [0.05, 0.1) is 12.6 Å². The van der Waals surface area contributed by atoms with Crippen molar-refractivity contribution in [1.82, 2.24) is 9.55 Å². The van der Waals surface area contributed by atoms with E-state index in [-0.39, 0.29) is 18.2 Å². The molecule has 224 valence electrons. The molecular weight excluding hydrogens is 508 g/mol. The maximum absolute atomic E-state index is 12.9. The molecule has 4 aliphatic rings. The minimum absolute atomic E-state index is 0.0671. The third-order valence-electron chi connectivity index (χ3n) is 12.7. The van der Waals surface area contributed by atoms with Crippen LogP contribution >= 0.6 is 0 Å². The lowest BCUT2D eigenvalue weighted by atomic mass is 9.44. The number of hydrogen-bond donors (Lipinski definition) is 1. The molecule has 0 amide bonds. The normalized spacial score (nSPS) is 37.9. The Balaban J connectivity index is 1.02. The summed E-state index contributed by atoms with van der Waals surface area (Å²) >= 11 is 0. The molecule has 1 aromatic carbocycles. The Morgan fingerprint density at radius 3 is 2.59 bits per heavy atom. The van der Waals surface area contributed by atoms with E-state index in [2.05, 4.69) is 42.5 Å². The van der Waals surface area contributed by atoms with Gasteiger partial charge in [0.15, 0.2) is 0 Å². The molecule has 1 aromatic heterocycles. The molecule has 4 aliphatic carbocycles. The first-order valence-electron chi connectivity index (χ1n) is 16.6. The fourth-order valence-corrected chi connectivity index (χ4v) is 10.7. The highest BCUT2D eigenvalue weighted by Crippen LogP contribution is 2.68. The van der Waals surface area contributed by atoms with E-state index in [0.29, 0.717) is 35.6 Å². The van der Waals surface area contributed by atoms with Crippen molar-refractivity contribution in [3.05, 3.63) is 42.7 Å². The predicted octanol–water partition coefficient (Wildman–Crippen LogP) is 7.92. The molecule has 0 saturated heterocycles. The summed E-state index contributed by atoms with van der Waals surface area (Å²) in [6.07, 6.45) is 16.3. The van der Waals surface area contributed by atoms with Crippen molar-refractivity contribution >= 4 is 5.97 Å². The van der Waals surface area contributed by atoms with Crippen molar-refractivity contribution in [2.45, 2.75) is 117 Å². The predicted molar refractivity (Wildman–Crippen MR) is 163 cm³/mol. The van der Waals surface area contributed by atoms with Gasteiger partial charge in [-0.15, -0.1) is 0 Å². The number of aliphatic hydroxyl groups is 1. The van der Waals surface area contributed by atoms with Crippen LogP contribution in [0.2, 0.25) is 0 Å². The summed E-state index contributed by atoms with van der Waals surface area (Å²) in [5, 5.41) is 10.4. The van der Waals surface area contributed by atoms with E-state index < -0.39 is 0 Å². The van der Waals surface area contributed by atoms with E-state index in [1.807, 2.05) is 37.5 Å². The van der Waals surface area contributed by atoms with Gasteiger partial charge in [0, 0.05) is 24.4 Å². The number of hydrogen-bond acceptors (Lipinski definition) is 4. The lowest BCUT2D eigenvalue weighted by Gasteiger charge is -2.61. The Kier molecular flexibility index (Phi) is 8.13. The highest BCUT2D eigenvalue weighted by molar-refractivity contribution is 5.69. The Labute approximate surface area is 247 Å². The number of benzene rings is 1. The first-order chi connectivity index (χ1) is 19.7. The van der Waals surface area contributed by atoms with E-state index >= 15 is 0 Å². The zero-order chi connectivity index (χ0) is 28.8. The summed E-state index contributed by atoms with van der Waals surface area (Å²) in [5.74, 6) is 5.34. The maximum atomic E-state index is 12.9. The van der Waals surface area contributed by atoms with Gasteiger partial charge in [0.1, 0.15) is 11.9 Å². The molecule has 41 heavy (non-hydrogen) atoms.